The Balaban J connectivity index is -0.000000180. The van der Waals surface area contributed by atoms with Crippen LogP contribution in [0.4, 0.5) is 0 Å². The molecule has 84 valence electrons. The van der Waals surface area contributed by atoms with E-state index in [0.29, 0.717) is 11.5 Å². The average molecular weight is 304 g/mol. The second-order valence-corrected chi connectivity index (χ2v) is 2.55. The summed E-state index contributed by atoms with van der Waals surface area (Å²) in [5.41, 5.74) is 0. The normalized spacial score (nSPS) is 7.20. The van der Waals surface area contributed by atoms with E-state index in [1.165, 1.54) is 27.1 Å². The third kappa shape index (κ3) is 20.2. The number of carbonyl (C=O) groups is 2. The smallest absolute Gasteiger partial charge is 0.491 e. The molecular formula is C8H14O4S2Zn. The standard InChI is InChI=1S/2C4H7O2S.Zn/c2*1-6-4(5)2-3-7;/h2*2,7H,3H2,1H3;/q2*-1;+2. The molecule has 0 bridgehead atoms. The summed E-state index contributed by atoms with van der Waals surface area (Å²) in [4.78, 5) is 20.2. The number of carbonyl (C=O) groups excluding carboxylic acids is 2. The van der Waals surface area contributed by atoms with Gasteiger partial charge in [0.15, 0.2) is 11.9 Å². The van der Waals surface area contributed by atoms with Crippen LogP contribution in [0, 0.1) is 12.8 Å². The van der Waals surface area contributed by atoms with E-state index in [4.69, 9.17) is 0 Å². The number of thiol groups is 2. The second-order valence-electron chi connectivity index (χ2n) is 1.82. The molecule has 0 fully saturated rings. The number of hydrogen-bond acceptors (Lipinski definition) is 6. The van der Waals surface area contributed by atoms with Crippen LogP contribution in [-0.4, -0.2) is 37.7 Å². The minimum Gasteiger partial charge on any atom is -0.491 e. The largest absolute Gasteiger partial charge is 2.00 e. The summed E-state index contributed by atoms with van der Waals surface area (Å²) in [6.07, 6.45) is 2.70. The Bertz CT molecular complexity index is 149. The van der Waals surface area contributed by atoms with E-state index in [-0.39, 0.29) is 31.4 Å². The fraction of sp³-hybridized carbons (Fsp3) is 0.500. The van der Waals surface area contributed by atoms with Crippen LogP contribution in [0.15, 0.2) is 0 Å². The van der Waals surface area contributed by atoms with Gasteiger partial charge >= 0.3 is 19.5 Å². The van der Waals surface area contributed by atoms with Gasteiger partial charge in [-0.15, -0.1) is 11.5 Å². The summed E-state index contributed by atoms with van der Waals surface area (Å²) >= 11 is 7.52. The first-order valence-corrected chi connectivity index (χ1v) is 4.92. The van der Waals surface area contributed by atoms with E-state index >= 15 is 0 Å². The number of hydrogen-bond donors (Lipinski definition) is 2. The van der Waals surface area contributed by atoms with Crippen LogP contribution in [0.2, 0.25) is 0 Å². The van der Waals surface area contributed by atoms with Gasteiger partial charge in [-0.05, 0) is 0 Å². The maximum Gasteiger partial charge on any atom is 2.00 e. The molecule has 0 radical (unpaired) electrons. The molecule has 0 N–H and O–H groups in total. The van der Waals surface area contributed by atoms with Crippen molar-refractivity contribution in [3.8, 4) is 0 Å². The van der Waals surface area contributed by atoms with Gasteiger partial charge in [-0.2, -0.15) is 0 Å². The number of methoxy groups -OCH3 is 2. The molecule has 0 saturated carbocycles. The van der Waals surface area contributed by atoms with Gasteiger partial charge < -0.3 is 9.47 Å². The number of ether oxygens (including phenoxy) is 2. The van der Waals surface area contributed by atoms with Gasteiger partial charge in [0.25, 0.3) is 0 Å². The van der Waals surface area contributed by atoms with E-state index in [9.17, 15) is 9.59 Å². The summed E-state index contributed by atoms with van der Waals surface area (Å²) in [6, 6.07) is 0. The summed E-state index contributed by atoms with van der Waals surface area (Å²) in [5, 5.41) is 0. The van der Waals surface area contributed by atoms with Gasteiger partial charge in [0.2, 0.25) is 0 Å². The zero-order valence-electron chi connectivity index (χ0n) is 8.80. The summed E-state index contributed by atoms with van der Waals surface area (Å²) in [6.45, 7) is 0. The van der Waals surface area contributed by atoms with E-state index < -0.39 is 0 Å². The molecule has 0 spiro atoms. The second kappa shape index (κ2) is 16.4. The SMILES string of the molecule is COC(=O)[CH-]CS.COC(=O)[CH-]CS.[Zn+2]. The Labute approximate surface area is 114 Å². The van der Waals surface area contributed by atoms with Crippen LogP contribution in [-0.2, 0) is 38.5 Å². The Kier molecular flexibility index (Phi) is 22.4. The van der Waals surface area contributed by atoms with Crippen molar-refractivity contribution < 1.29 is 38.5 Å². The van der Waals surface area contributed by atoms with Crippen molar-refractivity contribution in [3.63, 3.8) is 0 Å². The third-order valence-corrected chi connectivity index (χ3v) is 1.28. The molecule has 0 amide bonds. The van der Waals surface area contributed by atoms with Crippen LogP contribution >= 0.6 is 25.3 Å². The molecule has 0 saturated heterocycles. The van der Waals surface area contributed by atoms with Gasteiger partial charge in [0.05, 0.1) is 14.2 Å². The summed E-state index contributed by atoms with van der Waals surface area (Å²) in [7, 11) is 2.67. The molecule has 0 aliphatic carbocycles. The monoisotopic (exact) mass is 302 g/mol. The Hall–Kier alpha value is 0.00338. The van der Waals surface area contributed by atoms with E-state index in [2.05, 4.69) is 34.7 Å². The number of rotatable bonds is 4. The van der Waals surface area contributed by atoms with E-state index in [0.717, 1.165) is 0 Å². The molecule has 0 aromatic carbocycles. The maximum absolute atomic E-state index is 10.1. The molecule has 4 nitrogen and oxygen atoms in total. The minimum absolute atomic E-state index is 0. The number of esters is 2. The minimum atomic E-state index is -0.324. The van der Waals surface area contributed by atoms with Crippen LogP contribution < -0.4 is 0 Å². The zero-order chi connectivity index (χ0) is 11.4. The average Bonchev–Trinajstić information content (AvgIpc) is 2.19. The first kappa shape index (κ1) is 20.4. The van der Waals surface area contributed by atoms with Crippen molar-refractivity contribution >= 4 is 37.2 Å². The molecule has 0 rings (SSSR count). The molecule has 0 atom stereocenters. The third-order valence-electron chi connectivity index (χ3n) is 0.918. The van der Waals surface area contributed by atoms with Crippen molar-refractivity contribution in [2.75, 3.05) is 25.7 Å². The van der Waals surface area contributed by atoms with Crippen molar-refractivity contribution in [3.05, 3.63) is 12.8 Å². The van der Waals surface area contributed by atoms with E-state index in [1.54, 1.807) is 0 Å². The quantitative estimate of drug-likeness (QED) is 0.345. The van der Waals surface area contributed by atoms with Gasteiger partial charge in [-0.1, -0.05) is 0 Å². The molecule has 0 aliphatic rings. The molecule has 7 heteroatoms. The van der Waals surface area contributed by atoms with Crippen molar-refractivity contribution in [1.29, 1.82) is 0 Å². The molecule has 0 aliphatic heterocycles. The maximum atomic E-state index is 10.1. The zero-order valence-corrected chi connectivity index (χ0v) is 13.6. The van der Waals surface area contributed by atoms with Crippen LogP contribution in [0.3, 0.4) is 0 Å². The fourth-order valence-electron chi connectivity index (χ4n) is 0.316. The fourth-order valence-corrected chi connectivity index (χ4v) is 0.614. The Morgan fingerprint density at radius 2 is 1.27 bits per heavy atom. The van der Waals surface area contributed by atoms with Crippen LogP contribution in [0.25, 0.3) is 0 Å². The van der Waals surface area contributed by atoms with Gasteiger partial charge in [-0.3, -0.25) is 22.4 Å². The molecule has 15 heavy (non-hydrogen) atoms. The first-order chi connectivity index (χ1) is 6.62. The predicted molar refractivity (Wildman–Crippen MR) is 60.3 cm³/mol. The summed E-state index contributed by atoms with van der Waals surface area (Å²) in [5.74, 6) is 0.226. The topological polar surface area (TPSA) is 52.6 Å². The van der Waals surface area contributed by atoms with E-state index in [1.807, 2.05) is 0 Å². The van der Waals surface area contributed by atoms with Gasteiger partial charge in [0.1, 0.15) is 0 Å². The van der Waals surface area contributed by atoms with Crippen LogP contribution in [0.1, 0.15) is 0 Å². The van der Waals surface area contributed by atoms with Gasteiger partial charge in [0, 0.05) is 0 Å². The van der Waals surface area contributed by atoms with Crippen molar-refractivity contribution in [2.45, 2.75) is 0 Å². The molecule has 0 aromatic rings. The Morgan fingerprint density at radius 3 is 1.33 bits per heavy atom. The Morgan fingerprint density at radius 1 is 1.00 bits per heavy atom. The van der Waals surface area contributed by atoms with Crippen molar-refractivity contribution in [2.24, 2.45) is 0 Å². The van der Waals surface area contributed by atoms with Gasteiger partial charge in [-0.25, -0.2) is 25.3 Å². The van der Waals surface area contributed by atoms with Crippen molar-refractivity contribution in [1.82, 2.24) is 0 Å². The first-order valence-electron chi connectivity index (χ1n) is 3.66. The molecule has 0 aromatic heterocycles. The molecule has 0 heterocycles. The van der Waals surface area contributed by atoms with Crippen LogP contribution in [0.5, 0.6) is 0 Å². The molecule has 0 unspecified atom stereocenters. The summed E-state index contributed by atoms with van der Waals surface area (Å²) < 4.78 is 8.49. The predicted octanol–water partition coefficient (Wildman–Crippen LogP) is 0.584. The molecular weight excluding hydrogens is 290 g/mol.